The molecule has 8 heteroatoms. The molecule has 0 unspecified atom stereocenters. The van der Waals surface area contributed by atoms with Crippen molar-refractivity contribution in [3.63, 3.8) is 0 Å². The number of nitrogen functional groups attached to an aromatic ring is 1. The van der Waals surface area contributed by atoms with E-state index in [1.807, 2.05) is 0 Å². The molecule has 2 aromatic rings. The van der Waals surface area contributed by atoms with Gasteiger partial charge in [-0.1, -0.05) is 0 Å². The lowest BCUT2D eigenvalue weighted by Gasteiger charge is -2.12. The van der Waals surface area contributed by atoms with E-state index in [9.17, 15) is 10.2 Å². The van der Waals surface area contributed by atoms with Crippen LogP contribution in [-0.4, -0.2) is 50.2 Å². The van der Waals surface area contributed by atoms with Crippen molar-refractivity contribution >= 4 is 16.9 Å². The molecule has 0 aliphatic carbocycles. The number of hydrogen-bond donors (Lipinski definition) is 4. The Morgan fingerprint density at radius 1 is 1.26 bits per heavy atom. The summed E-state index contributed by atoms with van der Waals surface area (Å²) in [6, 6.07) is 0. The third-order valence-electron chi connectivity index (χ3n) is 3.26. The molecule has 5 N–H and O–H groups in total. The molecule has 0 radical (unpaired) electrons. The molecule has 0 aromatic carbocycles. The first-order valence-corrected chi connectivity index (χ1v) is 5.73. The summed E-state index contributed by atoms with van der Waals surface area (Å²) in [5.74, 6) is 0.183. The molecule has 0 saturated carbocycles. The van der Waals surface area contributed by atoms with Crippen LogP contribution in [0.5, 0.6) is 0 Å². The van der Waals surface area contributed by atoms with Crippen molar-refractivity contribution in [2.24, 2.45) is 0 Å². The summed E-state index contributed by atoms with van der Waals surface area (Å²) in [6.07, 6.45) is -1.38. The van der Waals surface area contributed by atoms with Crippen LogP contribution in [0.1, 0.15) is 11.7 Å². The van der Waals surface area contributed by atoms with Crippen LogP contribution in [-0.2, 0) is 4.74 Å². The highest BCUT2D eigenvalue weighted by atomic mass is 16.6. The van der Waals surface area contributed by atoms with Gasteiger partial charge in [-0.05, 0) is 0 Å². The van der Waals surface area contributed by atoms with Crippen molar-refractivity contribution < 1.29 is 24.5 Å². The molecule has 3 rings (SSSR count). The Bertz CT molecular complexity index is 601. The number of ether oxygens (including phenoxy) is 1. The molecule has 102 valence electrons. The zero-order valence-corrected chi connectivity index (χ0v) is 9.80. The van der Waals surface area contributed by atoms with Crippen LogP contribution in [0, 0.1) is 0 Å². The molecule has 4 atom stereocenters. The van der Waals surface area contributed by atoms with E-state index in [1.165, 1.54) is 12.6 Å². The number of nitrogens with two attached hydrogens (primary N) is 1. The van der Waals surface area contributed by atoms with Gasteiger partial charge in [0.05, 0.1) is 12.9 Å². The van der Waals surface area contributed by atoms with E-state index in [1.54, 1.807) is 0 Å². The summed E-state index contributed by atoms with van der Waals surface area (Å²) < 4.78 is 10.7. The number of hydrogen-bond acceptors (Lipinski definition) is 8. The van der Waals surface area contributed by atoms with E-state index in [0.717, 1.165) is 0 Å². The monoisotopic (exact) mass is 267 g/mol. The maximum atomic E-state index is 9.96. The minimum atomic E-state index is -1.17. The van der Waals surface area contributed by atoms with E-state index >= 15 is 0 Å². The summed E-state index contributed by atoms with van der Waals surface area (Å²) in [6.45, 7) is -0.387. The SMILES string of the molecule is Nc1ncnc2c([C@@H]3O[C@H](CO)[C@@H](O)[C@H]3O)coc12. The lowest BCUT2D eigenvalue weighted by molar-refractivity contribution is -0.0226. The highest BCUT2D eigenvalue weighted by molar-refractivity contribution is 5.85. The van der Waals surface area contributed by atoms with Crippen LogP contribution in [0.4, 0.5) is 5.82 Å². The Hall–Kier alpha value is -1.74. The van der Waals surface area contributed by atoms with Crippen LogP contribution < -0.4 is 5.73 Å². The van der Waals surface area contributed by atoms with Crippen molar-refractivity contribution in [3.8, 4) is 0 Å². The van der Waals surface area contributed by atoms with Gasteiger partial charge in [0.2, 0.25) is 0 Å². The molecule has 1 fully saturated rings. The largest absolute Gasteiger partial charge is 0.458 e. The fourth-order valence-corrected chi connectivity index (χ4v) is 2.25. The van der Waals surface area contributed by atoms with Gasteiger partial charge in [-0.3, -0.25) is 0 Å². The first-order valence-electron chi connectivity index (χ1n) is 5.73. The van der Waals surface area contributed by atoms with Gasteiger partial charge in [0.1, 0.15) is 36.3 Å². The predicted molar refractivity (Wildman–Crippen MR) is 62.9 cm³/mol. The van der Waals surface area contributed by atoms with Gasteiger partial charge in [0.25, 0.3) is 0 Å². The summed E-state index contributed by atoms with van der Waals surface area (Å²) >= 11 is 0. The molecular formula is C11H13N3O5. The average Bonchev–Trinajstić information content (AvgIpc) is 2.94. The summed E-state index contributed by atoms with van der Waals surface area (Å²) in [4.78, 5) is 7.83. The Balaban J connectivity index is 2.04. The number of anilines is 1. The number of aromatic nitrogens is 2. The number of furan rings is 1. The minimum absolute atomic E-state index is 0.183. The third-order valence-corrected chi connectivity index (χ3v) is 3.26. The molecule has 1 aliphatic heterocycles. The van der Waals surface area contributed by atoms with Gasteiger partial charge in [0.15, 0.2) is 11.4 Å². The van der Waals surface area contributed by atoms with Crippen molar-refractivity contribution in [2.75, 3.05) is 12.3 Å². The Morgan fingerprint density at radius 2 is 2.05 bits per heavy atom. The molecule has 3 heterocycles. The van der Waals surface area contributed by atoms with Crippen LogP contribution >= 0.6 is 0 Å². The predicted octanol–water partition coefficient (Wildman–Crippen LogP) is -1.04. The first kappa shape index (κ1) is 12.3. The summed E-state index contributed by atoms with van der Waals surface area (Å²) in [5, 5.41) is 28.7. The number of nitrogens with zero attached hydrogens (tertiary/aromatic N) is 2. The zero-order chi connectivity index (χ0) is 13.6. The van der Waals surface area contributed by atoms with Gasteiger partial charge >= 0.3 is 0 Å². The van der Waals surface area contributed by atoms with Crippen molar-refractivity contribution in [1.29, 1.82) is 0 Å². The number of fused-ring (bicyclic) bond motifs is 1. The zero-order valence-electron chi connectivity index (χ0n) is 9.80. The maximum absolute atomic E-state index is 9.96. The number of aliphatic hydroxyl groups is 3. The second-order valence-electron chi connectivity index (χ2n) is 4.39. The van der Waals surface area contributed by atoms with Crippen LogP contribution in [0.15, 0.2) is 17.0 Å². The van der Waals surface area contributed by atoms with Gasteiger partial charge in [-0.25, -0.2) is 9.97 Å². The fourth-order valence-electron chi connectivity index (χ4n) is 2.25. The minimum Gasteiger partial charge on any atom is -0.458 e. The molecule has 0 bridgehead atoms. The first-order chi connectivity index (χ1) is 9.13. The van der Waals surface area contributed by atoms with E-state index in [0.29, 0.717) is 16.7 Å². The smallest absolute Gasteiger partial charge is 0.194 e. The second kappa shape index (κ2) is 4.42. The Kier molecular flexibility index (Phi) is 2.86. The third kappa shape index (κ3) is 1.77. The second-order valence-corrected chi connectivity index (χ2v) is 4.39. The van der Waals surface area contributed by atoms with Gasteiger partial charge in [0, 0.05) is 5.56 Å². The lowest BCUT2D eigenvalue weighted by Crippen LogP contribution is -2.32. The molecule has 19 heavy (non-hydrogen) atoms. The molecule has 0 amide bonds. The maximum Gasteiger partial charge on any atom is 0.194 e. The van der Waals surface area contributed by atoms with Crippen LogP contribution in [0.2, 0.25) is 0 Å². The molecule has 1 saturated heterocycles. The number of aliphatic hydroxyl groups excluding tert-OH is 3. The van der Waals surface area contributed by atoms with Gasteiger partial charge in [-0.2, -0.15) is 0 Å². The lowest BCUT2D eigenvalue weighted by atomic mass is 10.0. The Morgan fingerprint density at radius 3 is 2.74 bits per heavy atom. The highest BCUT2D eigenvalue weighted by Gasteiger charge is 2.44. The topological polar surface area (TPSA) is 135 Å². The highest BCUT2D eigenvalue weighted by Crippen LogP contribution is 2.37. The molecule has 8 nitrogen and oxygen atoms in total. The molecular weight excluding hydrogens is 254 g/mol. The summed E-state index contributed by atoms with van der Waals surface area (Å²) in [5.41, 5.74) is 6.83. The van der Waals surface area contributed by atoms with Crippen molar-refractivity contribution in [2.45, 2.75) is 24.4 Å². The molecule has 0 spiro atoms. The quantitative estimate of drug-likeness (QED) is 0.542. The van der Waals surface area contributed by atoms with Gasteiger partial charge in [-0.15, -0.1) is 0 Å². The standard InChI is InChI=1S/C11H13N3O5/c12-11-10-6(13-3-14-11)4(2-18-10)9-8(17)7(16)5(1-15)19-9/h2-3,5,7-9,15-17H,1H2,(H2,12,13,14)/t5-,7-,8-,9+/m1/s1. The van der Waals surface area contributed by atoms with E-state index < -0.39 is 24.4 Å². The van der Waals surface area contributed by atoms with Crippen LogP contribution in [0.3, 0.4) is 0 Å². The molecule has 1 aliphatic rings. The Labute approximate surface area is 107 Å². The van der Waals surface area contributed by atoms with E-state index in [-0.39, 0.29) is 12.4 Å². The van der Waals surface area contributed by atoms with Gasteiger partial charge < -0.3 is 30.2 Å². The fraction of sp³-hybridized carbons (Fsp3) is 0.455. The van der Waals surface area contributed by atoms with E-state index in [2.05, 4.69) is 9.97 Å². The average molecular weight is 267 g/mol. The van der Waals surface area contributed by atoms with Crippen molar-refractivity contribution in [1.82, 2.24) is 9.97 Å². The normalized spacial score (nSPS) is 31.1. The van der Waals surface area contributed by atoms with E-state index in [4.69, 9.17) is 20.0 Å². The van der Waals surface area contributed by atoms with Crippen molar-refractivity contribution in [3.05, 3.63) is 18.2 Å². The summed E-state index contributed by atoms with van der Waals surface area (Å²) in [7, 11) is 0. The number of rotatable bonds is 2. The van der Waals surface area contributed by atoms with Crippen LogP contribution in [0.25, 0.3) is 11.1 Å². The molecule has 2 aromatic heterocycles.